The molecular weight excluding hydrogens is 541 g/mol. The van der Waals surface area contributed by atoms with E-state index in [1.165, 1.54) is 30.5 Å². The molecule has 0 fully saturated rings. The van der Waals surface area contributed by atoms with Gasteiger partial charge in [-0.3, -0.25) is 4.79 Å². The third-order valence-electron chi connectivity index (χ3n) is 6.77. The Kier molecular flexibility index (Phi) is 8.56. The van der Waals surface area contributed by atoms with Crippen molar-refractivity contribution in [1.82, 2.24) is 4.57 Å². The van der Waals surface area contributed by atoms with E-state index in [4.69, 9.17) is 21.4 Å². The molecule has 3 aromatic carbocycles. The molecule has 4 aromatic rings. The number of carboxylic acids is 2. The zero-order valence-electron chi connectivity index (χ0n) is 21.7. The number of rotatable bonds is 10. The number of nitrogens with zero attached hydrogens (tertiary/aromatic N) is 1. The van der Waals surface area contributed by atoms with Gasteiger partial charge in [0, 0.05) is 24.1 Å². The van der Waals surface area contributed by atoms with E-state index in [9.17, 15) is 29.0 Å². The number of aromatic carboxylic acids is 2. The summed E-state index contributed by atoms with van der Waals surface area (Å²) in [5.41, 5.74) is 0.600. The van der Waals surface area contributed by atoms with Crippen LogP contribution in [0.25, 0.3) is 10.9 Å². The summed E-state index contributed by atoms with van der Waals surface area (Å²) in [5, 5.41) is 29.0. The van der Waals surface area contributed by atoms with Gasteiger partial charge < -0.3 is 24.6 Å². The van der Waals surface area contributed by atoms with E-state index in [0.29, 0.717) is 22.4 Å². The number of aliphatic hydroxyl groups is 1. The predicted molar refractivity (Wildman–Crippen MR) is 148 cm³/mol. The van der Waals surface area contributed by atoms with Crippen LogP contribution in [0.5, 0.6) is 5.75 Å². The van der Waals surface area contributed by atoms with Gasteiger partial charge >= 0.3 is 11.9 Å². The number of halogens is 2. The third-order valence-corrected chi connectivity index (χ3v) is 7.06. The smallest absolute Gasteiger partial charge is 0.341 e. The molecule has 8 nitrogen and oxygen atoms in total. The number of ether oxygens (including phenoxy) is 1. The average molecular weight is 568 g/mol. The zero-order valence-corrected chi connectivity index (χ0v) is 22.5. The number of aromatic nitrogens is 1. The second kappa shape index (κ2) is 11.9. The minimum absolute atomic E-state index is 0.0139. The van der Waals surface area contributed by atoms with Gasteiger partial charge in [-0.05, 0) is 46.9 Å². The molecule has 0 aliphatic heterocycles. The Hall–Kier alpha value is -4.21. The summed E-state index contributed by atoms with van der Waals surface area (Å²) in [7, 11) is 0. The summed E-state index contributed by atoms with van der Waals surface area (Å²) in [6, 6.07) is 13.2. The van der Waals surface area contributed by atoms with E-state index in [2.05, 4.69) is 0 Å². The lowest BCUT2D eigenvalue weighted by Crippen LogP contribution is -2.25. The molecule has 0 unspecified atom stereocenters. The maximum atomic E-state index is 14.8. The molecule has 1 atom stereocenters. The molecule has 3 N–H and O–H groups in total. The van der Waals surface area contributed by atoms with Crippen LogP contribution in [-0.4, -0.2) is 38.4 Å². The number of pyridine rings is 1. The van der Waals surface area contributed by atoms with E-state index in [0.717, 1.165) is 0 Å². The van der Waals surface area contributed by atoms with Crippen LogP contribution in [0.4, 0.5) is 4.39 Å². The van der Waals surface area contributed by atoms with Gasteiger partial charge in [-0.2, -0.15) is 0 Å². The molecule has 0 aliphatic carbocycles. The first-order valence-electron chi connectivity index (χ1n) is 12.5. The maximum absolute atomic E-state index is 14.8. The Bertz CT molecular complexity index is 1650. The van der Waals surface area contributed by atoms with Crippen LogP contribution in [0, 0.1) is 11.7 Å². The fourth-order valence-electron chi connectivity index (χ4n) is 4.54. The van der Waals surface area contributed by atoms with Gasteiger partial charge in [-0.1, -0.05) is 49.7 Å². The lowest BCUT2D eigenvalue weighted by molar-refractivity contribution is 0.0684. The van der Waals surface area contributed by atoms with Gasteiger partial charge in [-0.15, -0.1) is 0 Å². The number of carbonyl (C=O) groups is 2. The summed E-state index contributed by atoms with van der Waals surface area (Å²) in [4.78, 5) is 36.4. The molecule has 40 heavy (non-hydrogen) atoms. The number of benzene rings is 3. The molecule has 0 spiro atoms. The summed E-state index contributed by atoms with van der Waals surface area (Å²) < 4.78 is 22.5. The average Bonchev–Trinajstić information content (AvgIpc) is 2.91. The maximum Gasteiger partial charge on any atom is 0.341 e. The molecule has 1 heterocycles. The van der Waals surface area contributed by atoms with Crippen molar-refractivity contribution in [2.45, 2.75) is 32.9 Å². The van der Waals surface area contributed by atoms with E-state index < -0.39 is 34.8 Å². The van der Waals surface area contributed by atoms with Crippen LogP contribution in [0.15, 0.2) is 65.6 Å². The van der Waals surface area contributed by atoms with Crippen molar-refractivity contribution in [3.05, 3.63) is 110 Å². The zero-order chi connectivity index (χ0) is 29.1. The van der Waals surface area contributed by atoms with Crippen molar-refractivity contribution >= 4 is 34.4 Å². The molecule has 0 radical (unpaired) electrons. The Morgan fingerprint density at radius 2 is 1.73 bits per heavy atom. The first-order valence-corrected chi connectivity index (χ1v) is 12.8. The predicted octanol–water partition coefficient (Wildman–Crippen LogP) is 5.55. The van der Waals surface area contributed by atoms with Gasteiger partial charge in [0.25, 0.3) is 0 Å². The summed E-state index contributed by atoms with van der Waals surface area (Å²) >= 11 is 5.98. The molecule has 0 bridgehead atoms. The molecule has 10 heteroatoms. The minimum atomic E-state index is -1.41. The molecular formula is C30H27ClFNO7. The van der Waals surface area contributed by atoms with Crippen LogP contribution < -0.4 is 10.2 Å². The largest absolute Gasteiger partial charge is 0.489 e. The van der Waals surface area contributed by atoms with Crippen molar-refractivity contribution in [1.29, 1.82) is 0 Å². The van der Waals surface area contributed by atoms with E-state index in [-0.39, 0.29) is 47.1 Å². The minimum Gasteiger partial charge on any atom is -0.489 e. The summed E-state index contributed by atoms with van der Waals surface area (Å²) in [6.07, 6.45) is 1.21. The van der Waals surface area contributed by atoms with Crippen molar-refractivity contribution in [3.8, 4) is 5.75 Å². The van der Waals surface area contributed by atoms with E-state index in [1.54, 1.807) is 34.9 Å². The standard InChI is InChI=1S/C30H27ClFNO7/c1-16(2)25(14-34)33-13-22(30(38)39)28(35)21-11-20(10-19-4-3-5-23(31)27(19)32)26(12-24(21)33)40-15-17-6-8-18(9-7-17)29(36)37/h3-9,11-13,16,25,34H,10,14-15H2,1-2H3,(H,36,37)(H,38,39)/t25-/m1/s1. The number of hydrogen-bond donors (Lipinski definition) is 3. The lowest BCUT2D eigenvalue weighted by atomic mass is 9.98. The van der Waals surface area contributed by atoms with Gasteiger partial charge in [-0.25, -0.2) is 14.0 Å². The first kappa shape index (κ1) is 28.8. The van der Waals surface area contributed by atoms with Crippen molar-refractivity contribution in [2.24, 2.45) is 5.92 Å². The van der Waals surface area contributed by atoms with Gasteiger partial charge in [0.2, 0.25) is 5.43 Å². The van der Waals surface area contributed by atoms with Gasteiger partial charge in [0.05, 0.1) is 28.8 Å². The molecule has 0 saturated heterocycles. The monoisotopic (exact) mass is 567 g/mol. The van der Waals surface area contributed by atoms with Crippen LogP contribution in [0.2, 0.25) is 5.02 Å². The number of hydrogen-bond acceptors (Lipinski definition) is 5. The Morgan fingerprint density at radius 3 is 2.33 bits per heavy atom. The first-order chi connectivity index (χ1) is 19.0. The van der Waals surface area contributed by atoms with Gasteiger partial charge in [0.15, 0.2) is 0 Å². The highest BCUT2D eigenvalue weighted by atomic mass is 35.5. The van der Waals surface area contributed by atoms with Crippen LogP contribution >= 0.6 is 11.6 Å². The van der Waals surface area contributed by atoms with E-state index >= 15 is 0 Å². The number of fused-ring (bicyclic) bond motifs is 1. The Morgan fingerprint density at radius 1 is 1.02 bits per heavy atom. The fourth-order valence-corrected chi connectivity index (χ4v) is 4.73. The fraction of sp³-hybridized carbons (Fsp3) is 0.233. The second-order valence-electron chi connectivity index (χ2n) is 9.74. The number of carboxylic acid groups (broad SMARTS) is 2. The Balaban J connectivity index is 1.91. The van der Waals surface area contributed by atoms with Crippen LogP contribution in [-0.2, 0) is 13.0 Å². The molecule has 0 amide bonds. The molecule has 1 aromatic heterocycles. The molecule has 208 valence electrons. The van der Waals surface area contributed by atoms with Crippen LogP contribution in [0.1, 0.15) is 57.3 Å². The number of aliphatic hydroxyl groups excluding tert-OH is 1. The van der Waals surface area contributed by atoms with Crippen molar-refractivity contribution < 1.29 is 34.0 Å². The topological polar surface area (TPSA) is 126 Å². The summed E-state index contributed by atoms with van der Waals surface area (Å²) in [5.74, 6) is -2.92. The van der Waals surface area contributed by atoms with Crippen LogP contribution in [0.3, 0.4) is 0 Å². The Labute approximate surface area is 233 Å². The third kappa shape index (κ3) is 5.85. The SMILES string of the molecule is CC(C)[C@@H](CO)n1cc(C(=O)O)c(=O)c2cc(Cc3cccc(Cl)c3F)c(OCc3ccc(C(=O)O)cc3)cc21. The lowest BCUT2D eigenvalue weighted by Gasteiger charge is -2.25. The normalized spacial score (nSPS) is 12.1. The highest BCUT2D eigenvalue weighted by molar-refractivity contribution is 6.30. The quantitative estimate of drug-likeness (QED) is 0.229. The highest BCUT2D eigenvalue weighted by Gasteiger charge is 2.23. The van der Waals surface area contributed by atoms with Crippen molar-refractivity contribution in [2.75, 3.05) is 6.61 Å². The van der Waals surface area contributed by atoms with Gasteiger partial charge in [0.1, 0.15) is 23.7 Å². The summed E-state index contributed by atoms with van der Waals surface area (Å²) in [6.45, 7) is 3.44. The molecule has 0 aliphatic rings. The van der Waals surface area contributed by atoms with Crippen molar-refractivity contribution in [3.63, 3.8) is 0 Å². The molecule has 4 rings (SSSR count). The second-order valence-corrected chi connectivity index (χ2v) is 10.1. The highest BCUT2D eigenvalue weighted by Crippen LogP contribution is 2.32. The van der Waals surface area contributed by atoms with E-state index in [1.807, 2.05) is 13.8 Å². The molecule has 0 saturated carbocycles.